The molecule has 0 aliphatic carbocycles. The van der Waals surface area contributed by atoms with E-state index in [9.17, 15) is 5.11 Å². The molecule has 0 saturated heterocycles. The van der Waals surface area contributed by atoms with Gasteiger partial charge in [-0.15, -0.1) is 0 Å². The summed E-state index contributed by atoms with van der Waals surface area (Å²) in [6.45, 7) is 3.10. The molecule has 8 heteroatoms. The summed E-state index contributed by atoms with van der Waals surface area (Å²) in [6.07, 6.45) is 8.88. The third-order valence-corrected chi connectivity index (χ3v) is 5.39. The van der Waals surface area contributed by atoms with Gasteiger partial charge in [-0.25, -0.2) is 15.0 Å². The molecule has 3 aromatic heterocycles. The molecule has 32 heavy (non-hydrogen) atoms. The Hall–Kier alpha value is -4.33. The number of aromatic hydroxyl groups is 1. The van der Waals surface area contributed by atoms with Gasteiger partial charge in [-0.2, -0.15) is 0 Å². The second-order valence-corrected chi connectivity index (χ2v) is 7.52. The standard InChI is InChI=1S/C24H22N6O2/c1-16-11-17(5-6-21(16)31)20-13-30(24-22(20)23(25)27-14-28-24)18-3-2-4-19(12-18)32-10-9-29-8-7-26-15-29/h2-8,11-15,31H,9-10H2,1H3,(H2,25,27,28). The number of anilines is 1. The maximum Gasteiger partial charge on any atom is 0.150 e. The Labute approximate surface area is 184 Å². The summed E-state index contributed by atoms with van der Waals surface area (Å²) in [5.41, 5.74) is 10.5. The van der Waals surface area contributed by atoms with Crippen molar-refractivity contribution in [2.24, 2.45) is 0 Å². The molecule has 0 fully saturated rings. The molecule has 3 heterocycles. The van der Waals surface area contributed by atoms with Gasteiger partial charge in [0.25, 0.3) is 0 Å². The largest absolute Gasteiger partial charge is 0.508 e. The quantitative estimate of drug-likeness (QED) is 0.426. The van der Waals surface area contributed by atoms with Crippen LogP contribution in [0.2, 0.25) is 0 Å². The highest BCUT2D eigenvalue weighted by Gasteiger charge is 2.17. The van der Waals surface area contributed by atoms with Crippen molar-refractivity contribution < 1.29 is 9.84 Å². The number of ether oxygens (including phenoxy) is 1. The molecule has 0 amide bonds. The van der Waals surface area contributed by atoms with Crippen LogP contribution in [-0.2, 0) is 6.54 Å². The molecule has 0 unspecified atom stereocenters. The SMILES string of the molecule is Cc1cc(-c2cn(-c3cccc(OCCn4ccnc4)c3)c3ncnc(N)c23)ccc1O. The lowest BCUT2D eigenvalue weighted by molar-refractivity contribution is 0.298. The van der Waals surface area contributed by atoms with Crippen molar-refractivity contribution in [3.63, 3.8) is 0 Å². The van der Waals surface area contributed by atoms with E-state index in [1.165, 1.54) is 6.33 Å². The van der Waals surface area contributed by atoms with Crippen molar-refractivity contribution >= 4 is 16.9 Å². The van der Waals surface area contributed by atoms with Crippen LogP contribution in [0.4, 0.5) is 5.82 Å². The number of nitrogens with two attached hydrogens (primary N) is 1. The normalized spacial score (nSPS) is 11.2. The van der Waals surface area contributed by atoms with Crippen molar-refractivity contribution in [3.8, 4) is 28.3 Å². The van der Waals surface area contributed by atoms with Gasteiger partial charge in [0.1, 0.15) is 30.3 Å². The lowest BCUT2D eigenvalue weighted by Gasteiger charge is -2.10. The second-order valence-electron chi connectivity index (χ2n) is 7.52. The summed E-state index contributed by atoms with van der Waals surface area (Å²) in [6, 6.07) is 13.3. The van der Waals surface area contributed by atoms with Crippen molar-refractivity contribution in [2.45, 2.75) is 13.5 Å². The highest BCUT2D eigenvalue weighted by Crippen LogP contribution is 2.36. The zero-order chi connectivity index (χ0) is 22.1. The number of phenolic OH excluding ortho intramolecular Hbond substituents is 1. The molecular formula is C24H22N6O2. The average molecular weight is 426 g/mol. The van der Waals surface area contributed by atoms with Crippen molar-refractivity contribution in [2.75, 3.05) is 12.3 Å². The minimum Gasteiger partial charge on any atom is -0.508 e. The van der Waals surface area contributed by atoms with Crippen LogP contribution in [0, 0.1) is 6.92 Å². The van der Waals surface area contributed by atoms with Crippen LogP contribution in [0.3, 0.4) is 0 Å². The number of aromatic nitrogens is 5. The highest BCUT2D eigenvalue weighted by molar-refractivity contribution is 6.01. The first-order chi connectivity index (χ1) is 15.6. The van der Waals surface area contributed by atoms with Gasteiger partial charge >= 0.3 is 0 Å². The third-order valence-electron chi connectivity index (χ3n) is 5.39. The van der Waals surface area contributed by atoms with Crippen molar-refractivity contribution in [1.29, 1.82) is 0 Å². The van der Waals surface area contributed by atoms with Crippen LogP contribution < -0.4 is 10.5 Å². The Morgan fingerprint density at radius 2 is 2.03 bits per heavy atom. The van der Waals surface area contributed by atoms with E-state index in [0.717, 1.165) is 33.5 Å². The first-order valence-electron chi connectivity index (χ1n) is 10.2. The van der Waals surface area contributed by atoms with Crippen LogP contribution in [0.25, 0.3) is 27.8 Å². The van der Waals surface area contributed by atoms with E-state index in [-0.39, 0.29) is 5.75 Å². The molecule has 3 N–H and O–H groups in total. The lowest BCUT2D eigenvalue weighted by atomic mass is 10.0. The van der Waals surface area contributed by atoms with Gasteiger partial charge in [0, 0.05) is 30.2 Å². The zero-order valence-corrected chi connectivity index (χ0v) is 17.5. The number of hydrogen-bond donors (Lipinski definition) is 2. The van der Waals surface area contributed by atoms with E-state index in [0.29, 0.717) is 24.6 Å². The molecule has 0 bridgehead atoms. The van der Waals surface area contributed by atoms with E-state index in [2.05, 4.69) is 15.0 Å². The number of rotatable bonds is 6. The molecule has 5 rings (SSSR count). The van der Waals surface area contributed by atoms with Gasteiger partial charge in [0.15, 0.2) is 5.65 Å². The maximum atomic E-state index is 9.93. The smallest absolute Gasteiger partial charge is 0.150 e. The number of nitrogen functional groups attached to an aromatic ring is 1. The predicted molar refractivity (Wildman–Crippen MR) is 123 cm³/mol. The van der Waals surface area contributed by atoms with E-state index in [1.54, 1.807) is 18.6 Å². The summed E-state index contributed by atoms with van der Waals surface area (Å²) in [7, 11) is 0. The number of aryl methyl sites for hydroxylation is 1. The van der Waals surface area contributed by atoms with Gasteiger partial charge in [-0.3, -0.25) is 0 Å². The highest BCUT2D eigenvalue weighted by atomic mass is 16.5. The minimum absolute atomic E-state index is 0.252. The maximum absolute atomic E-state index is 9.93. The van der Waals surface area contributed by atoms with Gasteiger partial charge < -0.3 is 24.7 Å². The fourth-order valence-corrected chi connectivity index (χ4v) is 3.74. The van der Waals surface area contributed by atoms with Crippen LogP contribution in [0.1, 0.15) is 5.56 Å². The number of imidazole rings is 1. The summed E-state index contributed by atoms with van der Waals surface area (Å²) in [4.78, 5) is 12.7. The Morgan fingerprint density at radius 1 is 1.12 bits per heavy atom. The third kappa shape index (κ3) is 3.62. The number of benzene rings is 2. The van der Waals surface area contributed by atoms with E-state index >= 15 is 0 Å². The Morgan fingerprint density at radius 3 is 2.84 bits per heavy atom. The molecule has 2 aromatic carbocycles. The number of fused-ring (bicyclic) bond motifs is 1. The number of phenols is 1. The molecule has 0 aliphatic rings. The van der Waals surface area contributed by atoms with Crippen molar-refractivity contribution in [3.05, 3.63) is 79.3 Å². The Kier molecular flexibility index (Phi) is 4.95. The molecule has 0 atom stereocenters. The molecule has 160 valence electrons. The Bertz CT molecular complexity index is 1390. The molecule has 0 radical (unpaired) electrons. The van der Waals surface area contributed by atoms with Gasteiger partial charge in [0.05, 0.1) is 23.9 Å². The molecule has 0 aliphatic heterocycles. The first-order valence-corrected chi connectivity index (χ1v) is 10.2. The predicted octanol–water partition coefficient (Wildman–Crippen LogP) is 3.96. The zero-order valence-electron chi connectivity index (χ0n) is 17.5. The molecule has 0 spiro atoms. The summed E-state index contributed by atoms with van der Waals surface area (Å²) in [5, 5.41) is 10.7. The number of nitrogens with zero attached hydrogens (tertiary/aromatic N) is 5. The van der Waals surface area contributed by atoms with E-state index < -0.39 is 0 Å². The second kappa shape index (κ2) is 8.07. The molecule has 0 saturated carbocycles. The Balaban J connectivity index is 1.53. The topological polar surface area (TPSA) is 104 Å². The number of hydrogen-bond acceptors (Lipinski definition) is 6. The summed E-state index contributed by atoms with van der Waals surface area (Å²) >= 11 is 0. The minimum atomic E-state index is 0.252. The average Bonchev–Trinajstić information content (AvgIpc) is 3.45. The van der Waals surface area contributed by atoms with Crippen LogP contribution in [-0.4, -0.2) is 35.8 Å². The molecular weight excluding hydrogens is 404 g/mol. The lowest BCUT2D eigenvalue weighted by Crippen LogP contribution is -2.06. The van der Waals surface area contributed by atoms with Gasteiger partial charge in [-0.1, -0.05) is 12.1 Å². The van der Waals surface area contributed by atoms with E-state index in [1.807, 2.05) is 64.8 Å². The monoisotopic (exact) mass is 426 g/mol. The fraction of sp³-hybridized carbons (Fsp3) is 0.125. The van der Waals surface area contributed by atoms with E-state index in [4.69, 9.17) is 10.5 Å². The summed E-state index contributed by atoms with van der Waals surface area (Å²) in [5.74, 6) is 1.41. The first kappa shape index (κ1) is 19.6. The fourth-order valence-electron chi connectivity index (χ4n) is 3.74. The van der Waals surface area contributed by atoms with Crippen LogP contribution in [0.15, 0.2) is 73.7 Å². The van der Waals surface area contributed by atoms with Crippen molar-refractivity contribution in [1.82, 2.24) is 24.1 Å². The molecule has 5 aromatic rings. The summed E-state index contributed by atoms with van der Waals surface area (Å²) < 4.78 is 9.90. The van der Waals surface area contributed by atoms with Crippen LogP contribution >= 0.6 is 0 Å². The van der Waals surface area contributed by atoms with Gasteiger partial charge in [-0.05, 0) is 42.3 Å². The van der Waals surface area contributed by atoms with Gasteiger partial charge in [0.2, 0.25) is 0 Å². The molecule has 8 nitrogen and oxygen atoms in total. The van der Waals surface area contributed by atoms with Crippen LogP contribution in [0.5, 0.6) is 11.5 Å².